The van der Waals surface area contributed by atoms with Gasteiger partial charge in [0.25, 0.3) is 0 Å². The summed E-state index contributed by atoms with van der Waals surface area (Å²) >= 11 is 1.72. The number of nitrogens with zero attached hydrogens (tertiary/aromatic N) is 3. The Morgan fingerprint density at radius 2 is 1.94 bits per heavy atom. The van der Waals surface area contributed by atoms with Crippen molar-refractivity contribution in [2.24, 2.45) is 0 Å². The molecule has 0 atom stereocenters. The number of thiazole rings is 1. The lowest BCUT2D eigenvalue weighted by Crippen LogP contribution is -2.44. The van der Waals surface area contributed by atoms with Crippen molar-refractivity contribution >= 4 is 22.3 Å². The van der Waals surface area contributed by atoms with Crippen molar-refractivity contribution in [3.05, 3.63) is 10.6 Å². The third kappa shape index (κ3) is 2.09. The fourth-order valence-corrected chi connectivity index (χ4v) is 3.56. The number of rotatable bonds is 1. The van der Waals surface area contributed by atoms with Crippen LogP contribution in [0.15, 0.2) is 0 Å². The zero-order chi connectivity index (χ0) is 11.8. The Bertz CT molecular complexity index is 435. The van der Waals surface area contributed by atoms with Crippen molar-refractivity contribution in [2.75, 3.05) is 38.1 Å². The maximum atomic E-state index is 11.8. The number of Topliss-reactive ketones (excluding diaryl/α,β-unsaturated/α-hetero) is 1. The second-order valence-electron chi connectivity index (χ2n) is 4.84. The van der Waals surface area contributed by atoms with Gasteiger partial charge in [-0.25, -0.2) is 4.98 Å². The first kappa shape index (κ1) is 11.2. The van der Waals surface area contributed by atoms with E-state index >= 15 is 0 Å². The molecule has 1 fully saturated rings. The second-order valence-corrected chi connectivity index (χ2v) is 5.90. The summed E-state index contributed by atoms with van der Waals surface area (Å²) in [5.41, 5.74) is 0.759. The first-order valence-electron chi connectivity index (χ1n) is 6.20. The van der Waals surface area contributed by atoms with E-state index in [1.165, 1.54) is 4.88 Å². The number of ketones is 1. The van der Waals surface area contributed by atoms with Crippen molar-refractivity contribution < 1.29 is 4.79 Å². The van der Waals surface area contributed by atoms with Crippen LogP contribution in [0.4, 0.5) is 5.13 Å². The predicted octanol–water partition coefficient (Wildman–Crippen LogP) is 1.41. The molecule has 1 saturated heterocycles. The number of hydrogen-bond acceptors (Lipinski definition) is 5. The maximum Gasteiger partial charge on any atom is 0.186 e. The molecular weight excluding hydrogens is 234 g/mol. The summed E-state index contributed by atoms with van der Waals surface area (Å²) in [6.07, 6.45) is 2.71. The molecule has 0 radical (unpaired) electrons. The largest absolute Gasteiger partial charge is 0.346 e. The first-order valence-corrected chi connectivity index (χ1v) is 7.02. The normalized spacial score (nSPS) is 21.7. The zero-order valence-electron chi connectivity index (χ0n) is 10.1. The number of fused-ring (bicyclic) bond motifs is 1. The topological polar surface area (TPSA) is 36.4 Å². The summed E-state index contributed by atoms with van der Waals surface area (Å²) in [6.45, 7) is 4.21. The Hall–Kier alpha value is -0.940. The maximum absolute atomic E-state index is 11.8. The number of aromatic nitrogens is 1. The van der Waals surface area contributed by atoms with Gasteiger partial charge in [0.1, 0.15) is 5.69 Å². The van der Waals surface area contributed by atoms with E-state index < -0.39 is 0 Å². The minimum absolute atomic E-state index is 0.239. The zero-order valence-corrected chi connectivity index (χ0v) is 10.9. The number of likely N-dealkylation sites (N-methyl/N-ethyl adjacent to an activating group) is 1. The Morgan fingerprint density at radius 3 is 2.65 bits per heavy atom. The summed E-state index contributed by atoms with van der Waals surface area (Å²) in [5, 5.41) is 1.05. The average molecular weight is 251 g/mol. The van der Waals surface area contributed by atoms with Crippen LogP contribution in [-0.2, 0) is 6.42 Å². The summed E-state index contributed by atoms with van der Waals surface area (Å²) in [6, 6.07) is 0. The molecule has 2 aliphatic rings. The van der Waals surface area contributed by atoms with E-state index in [1.54, 1.807) is 11.3 Å². The molecule has 0 N–H and O–H groups in total. The highest BCUT2D eigenvalue weighted by molar-refractivity contribution is 7.16. The van der Waals surface area contributed by atoms with Gasteiger partial charge in [-0.2, -0.15) is 0 Å². The van der Waals surface area contributed by atoms with E-state index in [0.29, 0.717) is 6.42 Å². The van der Waals surface area contributed by atoms with Gasteiger partial charge in [0.2, 0.25) is 0 Å². The van der Waals surface area contributed by atoms with Gasteiger partial charge in [0, 0.05) is 37.5 Å². The third-order valence-corrected chi connectivity index (χ3v) is 4.71. The fraction of sp³-hybridized carbons (Fsp3) is 0.667. The van der Waals surface area contributed by atoms with E-state index in [0.717, 1.165) is 49.8 Å². The van der Waals surface area contributed by atoms with Crippen molar-refractivity contribution in [3.63, 3.8) is 0 Å². The number of anilines is 1. The molecule has 0 amide bonds. The smallest absolute Gasteiger partial charge is 0.186 e. The van der Waals surface area contributed by atoms with Gasteiger partial charge in [-0.05, 0) is 19.9 Å². The van der Waals surface area contributed by atoms with Crippen LogP contribution in [0.1, 0.15) is 28.2 Å². The molecule has 17 heavy (non-hydrogen) atoms. The minimum atomic E-state index is 0.239. The number of hydrogen-bond donors (Lipinski definition) is 0. The van der Waals surface area contributed by atoms with Crippen molar-refractivity contribution in [1.82, 2.24) is 9.88 Å². The molecule has 0 bridgehead atoms. The molecule has 0 spiro atoms. The van der Waals surface area contributed by atoms with Gasteiger partial charge in [-0.3, -0.25) is 4.79 Å². The molecule has 1 aromatic heterocycles. The van der Waals surface area contributed by atoms with Gasteiger partial charge in [0.15, 0.2) is 10.9 Å². The lowest BCUT2D eigenvalue weighted by atomic mass is 10.0. The lowest BCUT2D eigenvalue weighted by molar-refractivity contribution is 0.0968. The van der Waals surface area contributed by atoms with Crippen LogP contribution in [0, 0.1) is 0 Å². The Labute approximate surface area is 105 Å². The molecule has 2 heterocycles. The van der Waals surface area contributed by atoms with Gasteiger partial charge < -0.3 is 9.80 Å². The van der Waals surface area contributed by atoms with Crippen LogP contribution < -0.4 is 4.90 Å². The average Bonchev–Trinajstić information content (AvgIpc) is 2.75. The summed E-state index contributed by atoms with van der Waals surface area (Å²) in [5.74, 6) is 0.239. The van der Waals surface area contributed by atoms with Crippen LogP contribution >= 0.6 is 11.3 Å². The molecule has 92 valence electrons. The molecular formula is C12H17N3OS. The third-order valence-electron chi connectivity index (χ3n) is 3.53. The molecule has 1 aliphatic heterocycles. The number of carbonyl (C=O) groups excluding carboxylic acids is 1. The molecule has 1 aliphatic carbocycles. The lowest BCUT2D eigenvalue weighted by Gasteiger charge is -2.32. The standard InChI is InChI=1S/C12H17N3OS/c1-14-5-7-15(8-6-14)12-13-11-9(16)3-2-4-10(11)17-12/h2-8H2,1H3. The fourth-order valence-electron chi connectivity index (χ4n) is 2.39. The van der Waals surface area contributed by atoms with Crippen LogP contribution in [-0.4, -0.2) is 48.9 Å². The highest BCUT2D eigenvalue weighted by Gasteiger charge is 2.25. The SMILES string of the molecule is CN1CCN(c2nc3c(s2)CCCC3=O)CC1. The van der Waals surface area contributed by atoms with E-state index in [1.807, 2.05) is 0 Å². The number of carbonyl (C=O) groups is 1. The molecule has 5 heteroatoms. The molecule has 3 rings (SSSR count). The van der Waals surface area contributed by atoms with E-state index in [4.69, 9.17) is 0 Å². The minimum Gasteiger partial charge on any atom is -0.346 e. The summed E-state index contributed by atoms with van der Waals surface area (Å²) in [7, 11) is 2.15. The van der Waals surface area contributed by atoms with Crippen LogP contribution in [0.3, 0.4) is 0 Å². The van der Waals surface area contributed by atoms with Crippen molar-refractivity contribution in [2.45, 2.75) is 19.3 Å². The summed E-state index contributed by atoms with van der Waals surface area (Å²) < 4.78 is 0. The van der Waals surface area contributed by atoms with E-state index in [-0.39, 0.29) is 5.78 Å². The Morgan fingerprint density at radius 1 is 1.18 bits per heavy atom. The number of piperazine rings is 1. The van der Waals surface area contributed by atoms with Crippen molar-refractivity contribution in [3.8, 4) is 0 Å². The quantitative estimate of drug-likeness (QED) is 0.756. The predicted molar refractivity (Wildman–Crippen MR) is 69.1 cm³/mol. The Balaban J connectivity index is 1.82. The van der Waals surface area contributed by atoms with E-state index in [2.05, 4.69) is 21.8 Å². The molecule has 1 aromatic rings. The van der Waals surface area contributed by atoms with Gasteiger partial charge in [-0.15, -0.1) is 11.3 Å². The van der Waals surface area contributed by atoms with Crippen LogP contribution in [0.5, 0.6) is 0 Å². The summed E-state index contributed by atoms with van der Waals surface area (Å²) in [4.78, 5) is 22.2. The van der Waals surface area contributed by atoms with Gasteiger partial charge >= 0.3 is 0 Å². The monoisotopic (exact) mass is 251 g/mol. The second kappa shape index (κ2) is 4.38. The van der Waals surface area contributed by atoms with Crippen LogP contribution in [0.2, 0.25) is 0 Å². The highest BCUT2D eigenvalue weighted by Crippen LogP contribution is 2.32. The van der Waals surface area contributed by atoms with Gasteiger partial charge in [-0.1, -0.05) is 0 Å². The molecule has 0 aromatic carbocycles. The van der Waals surface area contributed by atoms with Gasteiger partial charge in [0.05, 0.1) is 0 Å². The number of aryl methyl sites for hydroxylation is 1. The molecule has 0 saturated carbocycles. The molecule has 0 unspecified atom stereocenters. The highest BCUT2D eigenvalue weighted by atomic mass is 32.1. The molecule has 4 nitrogen and oxygen atoms in total. The van der Waals surface area contributed by atoms with E-state index in [9.17, 15) is 4.79 Å². The first-order chi connectivity index (χ1) is 8.24. The Kier molecular flexibility index (Phi) is 2.88. The van der Waals surface area contributed by atoms with Crippen LogP contribution in [0.25, 0.3) is 0 Å². The van der Waals surface area contributed by atoms with Crippen molar-refractivity contribution in [1.29, 1.82) is 0 Å².